The fourth-order valence-electron chi connectivity index (χ4n) is 10.2. The second-order valence-corrected chi connectivity index (χ2v) is 25.6. The molecule has 0 aliphatic heterocycles. The average molecular weight is 1030 g/mol. The molecule has 1 aliphatic rings. The van der Waals surface area contributed by atoms with Gasteiger partial charge in [0.05, 0.1) is 15.8 Å². The van der Waals surface area contributed by atoms with Gasteiger partial charge < -0.3 is 14.7 Å². The molecule has 368 valence electrons. The van der Waals surface area contributed by atoms with Crippen molar-refractivity contribution in [3.05, 3.63) is 219 Å². The second kappa shape index (κ2) is 18.8. The lowest BCUT2D eigenvalue weighted by atomic mass is 9.82. The number of rotatable bonds is 9. The van der Waals surface area contributed by atoms with Crippen LogP contribution in [0.3, 0.4) is 0 Å². The molecular weight excluding hydrogens is 962 g/mol. The van der Waals surface area contributed by atoms with Gasteiger partial charge in [-0.25, -0.2) is 0 Å². The monoisotopic (exact) mass is 1030 g/mol. The lowest BCUT2D eigenvalue weighted by molar-refractivity contribution is 0.589. The Hall–Kier alpha value is -6.07. The number of hydrogen-bond acceptors (Lipinski definition) is 3. The third-order valence-corrected chi connectivity index (χ3v) is 15.7. The molecule has 0 amide bonds. The maximum atomic E-state index is 6.63. The van der Waals surface area contributed by atoms with E-state index in [9.17, 15) is 0 Å². The number of nitrogens with zero attached hydrogens (tertiary/aromatic N) is 3. The van der Waals surface area contributed by atoms with E-state index in [1.807, 2.05) is 12.1 Å². The number of anilines is 9. The summed E-state index contributed by atoms with van der Waals surface area (Å²) >= 11 is 11.0. The molecule has 0 bridgehead atoms. The molecule has 0 N–H and O–H groups in total. The van der Waals surface area contributed by atoms with Crippen LogP contribution < -0.4 is 14.7 Å². The molecule has 0 spiro atoms. The number of benzene rings is 8. The summed E-state index contributed by atoms with van der Waals surface area (Å²) in [5.41, 5.74) is 19.4. The van der Waals surface area contributed by atoms with Crippen LogP contribution in [0.2, 0.25) is 5.02 Å². The zero-order valence-corrected chi connectivity index (χ0v) is 47.2. The van der Waals surface area contributed by atoms with E-state index in [0.717, 1.165) is 55.7 Å². The predicted octanol–water partition coefficient (Wildman–Crippen LogP) is 21.0. The van der Waals surface area contributed by atoms with Crippen LogP contribution in [0.1, 0.15) is 130 Å². The van der Waals surface area contributed by atoms with Crippen LogP contribution in [0.5, 0.6) is 0 Å². The summed E-state index contributed by atoms with van der Waals surface area (Å²) in [5, 5.41) is 0.697. The Balaban J connectivity index is 1.32. The number of fused-ring (bicyclic) bond motifs is 3. The van der Waals surface area contributed by atoms with E-state index in [4.69, 9.17) is 11.6 Å². The molecule has 5 heteroatoms. The van der Waals surface area contributed by atoms with Gasteiger partial charge in [0.15, 0.2) is 0 Å². The quantitative estimate of drug-likeness (QED) is 0.143. The van der Waals surface area contributed by atoms with Crippen LogP contribution in [-0.4, -0.2) is 0 Å². The van der Waals surface area contributed by atoms with Gasteiger partial charge in [-0.3, -0.25) is 0 Å². The van der Waals surface area contributed by atoms with Gasteiger partial charge in [0.2, 0.25) is 0 Å². The summed E-state index contributed by atoms with van der Waals surface area (Å²) in [7, 11) is 0. The van der Waals surface area contributed by atoms with Gasteiger partial charge in [-0.15, -0.1) is 0 Å². The van der Waals surface area contributed by atoms with Crippen molar-refractivity contribution in [2.24, 2.45) is 0 Å². The lowest BCUT2D eigenvalue weighted by Gasteiger charge is -2.35. The summed E-state index contributed by atoms with van der Waals surface area (Å²) in [4.78, 5) is 7.26. The normalized spacial score (nSPS) is 13.4. The van der Waals surface area contributed by atoms with Gasteiger partial charge in [-0.2, -0.15) is 0 Å². The summed E-state index contributed by atoms with van der Waals surface area (Å²) < 4.78 is 0.965. The van der Waals surface area contributed by atoms with E-state index >= 15 is 0 Å². The summed E-state index contributed by atoms with van der Waals surface area (Å²) in [5.74, 6) is 0. The van der Waals surface area contributed by atoms with Crippen molar-refractivity contribution >= 4 is 78.7 Å². The predicted molar refractivity (Wildman–Crippen MR) is 316 cm³/mol. The molecule has 8 aromatic rings. The van der Waals surface area contributed by atoms with E-state index in [2.05, 4.69) is 291 Å². The standard InChI is InChI=1S/C67H71BrClN3/c1-63(2,3)44-25-31-49(32-26-44)70(50-33-27-45(28-34-50)64(4,5)6)53-21-18-22-54(42-53)72(55-37-38-57-56-23-15-16-24-58(56)67(13,14)59(57)43-55)61-41-47(66(10,11)12)40-60(62(61)68)71(51-35-29-48(69)30-36-51)52-20-17-19-46(39-52)65(7,8)9/h15-43H,1-14H3. The number of halogens is 2. The Morgan fingerprint density at radius 3 is 1.28 bits per heavy atom. The Kier molecular flexibility index (Phi) is 13.3. The van der Waals surface area contributed by atoms with Crippen molar-refractivity contribution in [3.8, 4) is 11.1 Å². The highest BCUT2D eigenvalue weighted by molar-refractivity contribution is 9.10. The Morgan fingerprint density at radius 2 is 0.750 bits per heavy atom. The average Bonchev–Trinajstić information content (AvgIpc) is 3.55. The van der Waals surface area contributed by atoms with Crippen LogP contribution in [0.4, 0.5) is 51.2 Å². The minimum atomic E-state index is -0.215. The van der Waals surface area contributed by atoms with Crippen LogP contribution in [0.25, 0.3) is 11.1 Å². The molecular formula is C67H71BrClN3. The first-order chi connectivity index (χ1) is 33.8. The zero-order chi connectivity index (χ0) is 51.7. The van der Waals surface area contributed by atoms with Gasteiger partial charge in [0, 0.05) is 50.2 Å². The topological polar surface area (TPSA) is 9.72 Å². The molecule has 1 aliphatic carbocycles. The Labute approximate surface area is 444 Å². The van der Waals surface area contributed by atoms with Crippen molar-refractivity contribution in [1.82, 2.24) is 0 Å². The molecule has 8 aromatic carbocycles. The molecule has 0 aromatic heterocycles. The highest BCUT2D eigenvalue weighted by atomic mass is 79.9. The van der Waals surface area contributed by atoms with E-state index in [1.54, 1.807) is 0 Å². The second-order valence-electron chi connectivity index (χ2n) is 24.4. The number of hydrogen-bond donors (Lipinski definition) is 0. The third-order valence-electron chi connectivity index (χ3n) is 14.6. The lowest BCUT2D eigenvalue weighted by Crippen LogP contribution is -2.20. The summed E-state index contributed by atoms with van der Waals surface area (Å²) in [6.07, 6.45) is 0. The molecule has 3 nitrogen and oxygen atoms in total. The van der Waals surface area contributed by atoms with Crippen molar-refractivity contribution in [3.63, 3.8) is 0 Å². The smallest absolute Gasteiger partial charge is 0.0657 e. The summed E-state index contributed by atoms with van der Waals surface area (Å²) in [6.45, 7) is 32.1. The van der Waals surface area contributed by atoms with Gasteiger partial charge >= 0.3 is 0 Å². The summed E-state index contributed by atoms with van der Waals surface area (Å²) in [6, 6.07) is 65.3. The van der Waals surface area contributed by atoms with Crippen LogP contribution in [-0.2, 0) is 27.1 Å². The molecule has 72 heavy (non-hydrogen) atoms. The fraction of sp³-hybridized carbons (Fsp3) is 0.284. The van der Waals surface area contributed by atoms with Gasteiger partial charge in [-0.1, -0.05) is 181 Å². The SMILES string of the molecule is CC(C)(C)c1ccc(N(c2ccc(C(C)(C)C)cc2)c2cccc(N(c3ccc4c(c3)C(C)(C)c3ccccc3-4)c3cc(C(C)(C)C)cc(N(c4ccc(Cl)cc4)c4cccc(C(C)(C)C)c4)c3Br)c2)cc1. The van der Waals surface area contributed by atoms with Gasteiger partial charge in [-0.05, 0) is 185 Å². The van der Waals surface area contributed by atoms with Crippen LogP contribution in [0, 0.1) is 0 Å². The first-order valence-corrected chi connectivity index (χ1v) is 26.6. The van der Waals surface area contributed by atoms with E-state index in [0.29, 0.717) is 5.02 Å². The fourth-order valence-corrected chi connectivity index (χ4v) is 10.9. The van der Waals surface area contributed by atoms with Crippen LogP contribution >= 0.6 is 27.5 Å². The van der Waals surface area contributed by atoms with E-state index in [1.165, 1.54) is 44.5 Å². The first-order valence-electron chi connectivity index (χ1n) is 25.5. The van der Waals surface area contributed by atoms with E-state index in [-0.39, 0.29) is 27.1 Å². The van der Waals surface area contributed by atoms with Crippen molar-refractivity contribution in [1.29, 1.82) is 0 Å². The maximum absolute atomic E-state index is 6.63. The van der Waals surface area contributed by atoms with E-state index < -0.39 is 0 Å². The zero-order valence-electron chi connectivity index (χ0n) is 44.8. The first kappa shape index (κ1) is 50.9. The van der Waals surface area contributed by atoms with Crippen molar-refractivity contribution in [2.45, 2.75) is 124 Å². The Bertz CT molecular complexity index is 3210. The minimum Gasteiger partial charge on any atom is -0.310 e. The minimum absolute atomic E-state index is 0.0241. The van der Waals surface area contributed by atoms with Crippen LogP contribution in [0.15, 0.2) is 180 Å². The molecule has 0 saturated heterocycles. The molecule has 0 heterocycles. The van der Waals surface area contributed by atoms with Gasteiger partial charge in [0.1, 0.15) is 0 Å². The third kappa shape index (κ3) is 9.90. The molecule has 0 fully saturated rings. The van der Waals surface area contributed by atoms with Gasteiger partial charge in [0.25, 0.3) is 0 Å². The van der Waals surface area contributed by atoms with Crippen molar-refractivity contribution < 1.29 is 0 Å². The maximum Gasteiger partial charge on any atom is 0.0657 e. The molecule has 0 unspecified atom stereocenters. The highest BCUT2D eigenvalue weighted by Gasteiger charge is 2.36. The molecule has 0 atom stereocenters. The largest absolute Gasteiger partial charge is 0.310 e. The molecule has 0 saturated carbocycles. The molecule has 0 radical (unpaired) electrons. The van der Waals surface area contributed by atoms with Crippen molar-refractivity contribution in [2.75, 3.05) is 14.7 Å². The Morgan fingerprint density at radius 1 is 0.347 bits per heavy atom. The molecule has 9 rings (SSSR count). The highest BCUT2D eigenvalue weighted by Crippen LogP contribution is 2.54.